The van der Waals surface area contributed by atoms with Gasteiger partial charge in [0.15, 0.2) is 0 Å². The van der Waals surface area contributed by atoms with Crippen LogP contribution in [0, 0.1) is 0 Å². The Hall–Kier alpha value is -2.60. The maximum atomic E-state index is 11.3. The molecule has 0 aliphatic heterocycles. The first kappa shape index (κ1) is 14.3. The van der Waals surface area contributed by atoms with Gasteiger partial charge in [-0.3, -0.25) is 5.43 Å². The number of hydrogen-bond acceptors (Lipinski definition) is 4. The number of nitrogens with two attached hydrogens (primary N) is 1. The normalized spacial score (nSPS) is 13.5. The number of nitrogens with one attached hydrogen (secondary N) is 2. The molecule has 0 spiro atoms. The SMILES string of the molecule is NNC(=O)Nc1ccccc1COc1cccc(C2CC2)n1. The van der Waals surface area contributed by atoms with E-state index in [9.17, 15) is 4.79 Å². The van der Waals surface area contributed by atoms with Crippen molar-refractivity contribution in [3.05, 3.63) is 53.7 Å². The van der Waals surface area contributed by atoms with Gasteiger partial charge in [-0.25, -0.2) is 15.6 Å². The van der Waals surface area contributed by atoms with Gasteiger partial charge in [-0.1, -0.05) is 24.3 Å². The number of benzene rings is 1. The van der Waals surface area contributed by atoms with Gasteiger partial charge in [0.05, 0.1) is 0 Å². The number of rotatable bonds is 5. The smallest absolute Gasteiger partial charge is 0.333 e. The van der Waals surface area contributed by atoms with Crippen LogP contribution < -0.4 is 21.3 Å². The number of anilines is 1. The summed E-state index contributed by atoms with van der Waals surface area (Å²) in [6.45, 7) is 0.322. The number of pyridine rings is 1. The number of hydrogen-bond donors (Lipinski definition) is 3. The number of ether oxygens (including phenoxy) is 1. The quantitative estimate of drug-likeness (QED) is 0.449. The van der Waals surface area contributed by atoms with Crippen LogP contribution in [-0.2, 0) is 6.61 Å². The van der Waals surface area contributed by atoms with Crippen molar-refractivity contribution in [1.29, 1.82) is 0 Å². The van der Waals surface area contributed by atoms with Crippen molar-refractivity contribution < 1.29 is 9.53 Å². The molecule has 1 aromatic carbocycles. The lowest BCUT2D eigenvalue weighted by atomic mass is 10.2. The second-order valence-corrected chi connectivity index (χ2v) is 5.22. The highest BCUT2D eigenvalue weighted by Gasteiger charge is 2.25. The summed E-state index contributed by atoms with van der Waals surface area (Å²) in [4.78, 5) is 15.8. The number of aromatic nitrogens is 1. The molecule has 114 valence electrons. The van der Waals surface area contributed by atoms with Crippen molar-refractivity contribution in [3.8, 4) is 5.88 Å². The monoisotopic (exact) mass is 298 g/mol. The molecule has 1 heterocycles. The maximum absolute atomic E-state index is 11.3. The predicted octanol–water partition coefficient (Wildman–Crippen LogP) is 2.53. The molecule has 0 unspecified atom stereocenters. The molecule has 0 bridgehead atoms. The molecule has 22 heavy (non-hydrogen) atoms. The molecule has 1 saturated carbocycles. The lowest BCUT2D eigenvalue weighted by Crippen LogP contribution is -2.34. The van der Waals surface area contributed by atoms with Crippen molar-refractivity contribution in [2.24, 2.45) is 5.84 Å². The standard InChI is InChI=1S/C16H18N4O2/c17-20-16(21)19-14-5-2-1-4-12(14)10-22-15-7-3-6-13(18-15)11-8-9-11/h1-7,11H,8-10,17H2,(H2,19,20,21). The van der Waals surface area contributed by atoms with Crippen LogP contribution in [0.1, 0.15) is 30.0 Å². The van der Waals surface area contributed by atoms with E-state index >= 15 is 0 Å². The number of nitrogens with zero attached hydrogens (tertiary/aromatic N) is 1. The maximum Gasteiger partial charge on any atom is 0.333 e. The molecule has 0 atom stereocenters. The molecule has 1 aliphatic rings. The van der Waals surface area contributed by atoms with Gasteiger partial charge in [0.2, 0.25) is 5.88 Å². The van der Waals surface area contributed by atoms with Crippen LogP contribution in [0.3, 0.4) is 0 Å². The summed E-state index contributed by atoms with van der Waals surface area (Å²) in [6, 6.07) is 12.8. The first-order valence-electron chi connectivity index (χ1n) is 7.21. The molecule has 3 rings (SSSR count). The van der Waals surface area contributed by atoms with Crippen LogP contribution >= 0.6 is 0 Å². The van der Waals surface area contributed by atoms with Crippen molar-refractivity contribution in [1.82, 2.24) is 10.4 Å². The van der Waals surface area contributed by atoms with Crippen molar-refractivity contribution >= 4 is 11.7 Å². The minimum absolute atomic E-state index is 0.322. The summed E-state index contributed by atoms with van der Waals surface area (Å²) < 4.78 is 5.75. The molecule has 6 nitrogen and oxygen atoms in total. The van der Waals surface area contributed by atoms with Gasteiger partial charge in [-0.2, -0.15) is 0 Å². The van der Waals surface area contributed by atoms with Crippen molar-refractivity contribution in [2.75, 3.05) is 5.32 Å². The second kappa shape index (κ2) is 6.44. The third kappa shape index (κ3) is 3.53. The molecule has 1 aliphatic carbocycles. The number of carbonyl (C=O) groups excluding carboxylic acids is 1. The Labute approximate surface area is 128 Å². The average Bonchev–Trinajstić information content (AvgIpc) is 3.39. The first-order chi connectivity index (χ1) is 10.8. The van der Waals surface area contributed by atoms with Crippen molar-refractivity contribution in [2.45, 2.75) is 25.4 Å². The summed E-state index contributed by atoms with van der Waals surface area (Å²) >= 11 is 0. The molecule has 6 heteroatoms. The van der Waals surface area contributed by atoms with E-state index in [0.717, 1.165) is 11.3 Å². The van der Waals surface area contributed by atoms with Crippen molar-refractivity contribution in [3.63, 3.8) is 0 Å². The zero-order valence-corrected chi connectivity index (χ0v) is 12.1. The van der Waals surface area contributed by atoms with Crippen LogP contribution in [0.15, 0.2) is 42.5 Å². The third-order valence-corrected chi connectivity index (χ3v) is 3.51. The number of amides is 2. The van der Waals surface area contributed by atoms with Gasteiger partial charge in [-0.05, 0) is 25.0 Å². The predicted molar refractivity (Wildman–Crippen MR) is 83.3 cm³/mol. The minimum atomic E-state index is -0.471. The largest absolute Gasteiger partial charge is 0.473 e. The molecule has 2 amide bonds. The zero-order valence-electron chi connectivity index (χ0n) is 12.1. The highest BCUT2D eigenvalue weighted by molar-refractivity contribution is 5.89. The average molecular weight is 298 g/mol. The molecular formula is C16H18N4O2. The number of hydrazine groups is 1. The van der Waals surface area contributed by atoms with E-state index in [1.165, 1.54) is 12.8 Å². The fourth-order valence-electron chi connectivity index (χ4n) is 2.20. The van der Waals surface area contributed by atoms with Crippen LogP contribution in [0.4, 0.5) is 10.5 Å². The van der Waals surface area contributed by atoms with E-state index in [1.807, 2.05) is 41.8 Å². The molecule has 4 N–H and O–H groups in total. The summed E-state index contributed by atoms with van der Waals surface area (Å²) in [6.07, 6.45) is 2.41. The van der Waals surface area contributed by atoms with E-state index in [0.29, 0.717) is 24.1 Å². The Morgan fingerprint density at radius 1 is 1.23 bits per heavy atom. The molecule has 2 aromatic rings. The van der Waals surface area contributed by atoms with Crippen LogP contribution in [0.5, 0.6) is 5.88 Å². The lowest BCUT2D eigenvalue weighted by molar-refractivity contribution is 0.252. The van der Waals surface area contributed by atoms with Gasteiger partial charge in [0, 0.05) is 28.9 Å². The highest BCUT2D eigenvalue weighted by atomic mass is 16.5. The van der Waals surface area contributed by atoms with E-state index in [-0.39, 0.29) is 0 Å². The third-order valence-electron chi connectivity index (χ3n) is 3.51. The Morgan fingerprint density at radius 2 is 2.05 bits per heavy atom. The Balaban J connectivity index is 1.68. The second-order valence-electron chi connectivity index (χ2n) is 5.22. The molecule has 0 radical (unpaired) electrons. The number of carbonyl (C=O) groups is 1. The Morgan fingerprint density at radius 3 is 2.82 bits per heavy atom. The zero-order chi connectivity index (χ0) is 15.4. The molecule has 1 fully saturated rings. The van der Waals surface area contributed by atoms with E-state index < -0.39 is 6.03 Å². The Kier molecular flexibility index (Phi) is 4.20. The fraction of sp³-hybridized carbons (Fsp3) is 0.250. The van der Waals surface area contributed by atoms with Crippen LogP contribution in [0.25, 0.3) is 0 Å². The van der Waals surface area contributed by atoms with Gasteiger partial charge >= 0.3 is 6.03 Å². The minimum Gasteiger partial charge on any atom is -0.473 e. The van der Waals surface area contributed by atoms with Gasteiger partial charge < -0.3 is 10.1 Å². The van der Waals surface area contributed by atoms with E-state index in [2.05, 4.69) is 10.3 Å². The van der Waals surface area contributed by atoms with Gasteiger partial charge in [0.1, 0.15) is 6.61 Å². The highest BCUT2D eigenvalue weighted by Crippen LogP contribution is 2.39. The first-order valence-corrected chi connectivity index (χ1v) is 7.21. The fourth-order valence-corrected chi connectivity index (χ4v) is 2.20. The number of para-hydroxylation sites is 1. The van der Waals surface area contributed by atoms with Gasteiger partial charge in [-0.15, -0.1) is 0 Å². The van der Waals surface area contributed by atoms with Crippen LogP contribution in [-0.4, -0.2) is 11.0 Å². The molecule has 0 saturated heterocycles. The Bertz CT molecular complexity index is 671. The molecular weight excluding hydrogens is 280 g/mol. The summed E-state index contributed by atoms with van der Waals surface area (Å²) in [7, 11) is 0. The summed E-state index contributed by atoms with van der Waals surface area (Å²) in [5.41, 5.74) is 4.64. The number of urea groups is 1. The van der Waals surface area contributed by atoms with Crippen LogP contribution in [0.2, 0.25) is 0 Å². The summed E-state index contributed by atoms with van der Waals surface area (Å²) in [5, 5.41) is 2.66. The topological polar surface area (TPSA) is 89.3 Å². The molecule has 1 aromatic heterocycles. The lowest BCUT2D eigenvalue weighted by Gasteiger charge is -2.12. The van der Waals surface area contributed by atoms with E-state index in [4.69, 9.17) is 10.6 Å². The van der Waals surface area contributed by atoms with Gasteiger partial charge in [0.25, 0.3) is 0 Å². The summed E-state index contributed by atoms with van der Waals surface area (Å²) in [5.74, 6) is 6.27. The van der Waals surface area contributed by atoms with E-state index in [1.54, 1.807) is 6.07 Å².